The van der Waals surface area contributed by atoms with Gasteiger partial charge in [-0.15, -0.1) is 0 Å². The van der Waals surface area contributed by atoms with Gasteiger partial charge in [0.25, 0.3) is 0 Å². The lowest BCUT2D eigenvalue weighted by Gasteiger charge is -2.35. The summed E-state index contributed by atoms with van der Waals surface area (Å²) < 4.78 is 0. The number of rotatable bonds is 1. The summed E-state index contributed by atoms with van der Waals surface area (Å²) in [4.78, 5) is 17.5. The fraction of sp³-hybridized carbons (Fsp3) is 0.674. The Morgan fingerprint density at radius 3 is 1.78 bits per heavy atom. The van der Waals surface area contributed by atoms with Crippen molar-refractivity contribution in [1.29, 1.82) is 0 Å². The summed E-state index contributed by atoms with van der Waals surface area (Å²) in [6, 6.07) is 8.73. The molecule has 1 unspecified atom stereocenters. The average Bonchev–Trinajstić information content (AvgIpc) is 3.09. The first-order valence-electron chi connectivity index (χ1n) is 18.7. The fourth-order valence-corrected chi connectivity index (χ4v) is 5.66. The van der Waals surface area contributed by atoms with Crippen molar-refractivity contribution in [1.82, 2.24) is 19.9 Å². The summed E-state index contributed by atoms with van der Waals surface area (Å²) in [5, 5.41) is 6.82. The number of aryl methyl sites for hydroxylation is 3. The molecule has 280 valence electrons. The summed E-state index contributed by atoms with van der Waals surface area (Å²) in [5.41, 5.74) is 8.50. The molecule has 3 aliphatic rings. The third kappa shape index (κ3) is 15.6. The number of nitrogens with zero attached hydrogens (tertiary/aromatic N) is 4. The third-order valence-corrected chi connectivity index (χ3v) is 8.47. The van der Waals surface area contributed by atoms with E-state index in [2.05, 4.69) is 99.2 Å². The molecule has 2 aliphatic heterocycles. The fourth-order valence-electron chi connectivity index (χ4n) is 5.66. The van der Waals surface area contributed by atoms with E-state index in [1.165, 1.54) is 66.6 Å². The number of aromatic nitrogens is 4. The van der Waals surface area contributed by atoms with E-state index in [-0.39, 0.29) is 20.3 Å². The maximum atomic E-state index is 4.91. The van der Waals surface area contributed by atoms with Gasteiger partial charge >= 0.3 is 0 Å². The highest BCUT2D eigenvalue weighted by atomic mass is 15.0. The van der Waals surface area contributed by atoms with Gasteiger partial charge in [-0.1, -0.05) is 124 Å². The zero-order valence-corrected chi connectivity index (χ0v) is 32.8. The summed E-state index contributed by atoms with van der Waals surface area (Å²) in [6.45, 7) is 32.1. The van der Waals surface area contributed by atoms with E-state index in [9.17, 15) is 0 Å². The van der Waals surface area contributed by atoms with Gasteiger partial charge in [0, 0.05) is 41.8 Å². The first kappa shape index (κ1) is 48.1. The van der Waals surface area contributed by atoms with Crippen molar-refractivity contribution in [2.24, 2.45) is 11.3 Å². The summed E-state index contributed by atoms with van der Waals surface area (Å²) in [7, 11) is 0. The maximum Gasteiger partial charge on any atom is 0.129 e. The predicted molar refractivity (Wildman–Crippen MR) is 219 cm³/mol. The Kier molecular flexibility index (Phi) is 23.7. The lowest BCUT2D eigenvalue weighted by Crippen LogP contribution is -2.28. The van der Waals surface area contributed by atoms with Gasteiger partial charge in [-0.2, -0.15) is 0 Å². The Labute approximate surface area is 304 Å². The highest BCUT2D eigenvalue weighted by Crippen LogP contribution is 2.38. The second-order valence-electron chi connectivity index (χ2n) is 14.2. The Bertz CT molecular complexity index is 1270. The number of nitrogens with one attached hydrogen (secondary N) is 2. The molecule has 0 spiro atoms. The second kappa shape index (κ2) is 24.2. The van der Waals surface area contributed by atoms with Crippen molar-refractivity contribution in [3.63, 3.8) is 0 Å². The van der Waals surface area contributed by atoms with Gasteiger partial charge in [0.05, 0.1) is 0 Å². The Morgan fingerprint density at radius 1 is 0.714 bits per heavy atom. The van der Waals surface area contributed by atoms with Crippen LogP contribution in [0.3, 0.4) is 0 Å². The van der Waals surface area contributed by atoms with Gasteiger partial charge in [-0.05, 0) is 91.0 Å². The first-order chi connectivity index (χ1) is 22.4. The topological polar surface area (TPSA) is 75.6 Å². The highest BCUT2D eigenvalue weighted by Gasteiger charge is 2.30. The third-order valence-electron chi connectivity index (χ3n) is 8.47. The zero-order valence-electron chi connectivity index (χ0n) is 32.8. The molecule has 0 fully saturated rings. The Morgan fingerprint density at radius 2 is 1.29 bits per heavy atom. The molecule has 0 radical (unpaired) electrons. The van der Waals surface area contributed by atoms with Crippen LogP contribution in [0, 0.1) is 11.3 Å². The molecule has 0 amide bonds. The van der Waals surface area contributed by atoms with Crippen LogP contribution in [0.5, 0.6) is 0 Å². The van der Waals surface area contributed by atoms with Gasteiger partial charge in [-0.3, -0.25) is 0 Å². The molecule has 49 heavy (non-hydrogen) atoms. The van der Waals surface area contributed by atoms with E-state index in [0.29, 0.717) is 11.3 Å². The molecule has 0 bridgehead atoms. The molecule has 3 aromatic heterocycles. The van der Waals surface area contributed by atoms with E-state index in [1.54, 1.807) is 12.5 Å². The Hall–Kier alpha value is -3.02. The maximum absolute atomic E-state index is 4.91. The van der Waals surface area contributed by atoms with Crippen LogP contribution >= 0.6 is 0 Å². The van der Waals surface area contributed by atoms with Crippen LogP contribution in [0.15, 0.2) is 36.8 Å². The highest BCUT2D eigenvalue weighted by molar-refractivity contribution is 5.50. The van der Waals surface area contributed by atoms with Crippen LogP contribution in [0.25, 0.3) is 0 Å². The molecule has 6 nitrogen and oxygen atoms in total. The smallest absolute Gasteiger partial charge is 0.129 e. The SMILES string of the molecule is C.C.CC.CC.CC.CC(C)(C)C1CCc2cc3c(nc2C1)NCCC3.CC(C)(C)c1ccc2c(n1)NCCC2.CC(C)c1ccncn1. The number of fused-ring (bicyclic) bond motifs is 3. The van der Waals surface area contributed by atoms with Crippen LogP contribution in [-0.4, -0.2) is 33.0 Å². The molecule has 0 aromatic carbocycles. The molecule has 2 N–H and O–H groups in total. The lowest BCUT2D eigenvalue weighted by atomic mass is 9.71. The molecule has 6 rings (SSSR count). The minimum Gasteiger partial charge on any atom is -0.370 e. The van der Waals surface area contributed by atoms with E-state index >= 15 is 0 Å². The number of hydrogen-bond acceptors (Lipinski definition) is 6. The van der Waals surface area contributed by atoms with Gasteiger partial charge in [0.1, 0.15) is 18.0 Å². The van der Waals surface area contributed by atoms with Gasteiger partial charge < -0.3 is 10.6 Å². The summed E-state index contributed by atoms with van der Waals surface area (Å²) in [5.74, 6) is 3.55. The molecule has 0 saturated carbocycles. The van der Waals surface area contributed by atoms with E-state index in [4.69, 9.17) is 4.98 Å². The van der Waals surface area contributed by atoms with Crippen LogP contribution in [-0.2, 0) is 31.1 Å². The number of pyridine rings is 2. The molecule has 3 aromatic rings. The predicted octanol–water partition coefficient (Wildman–Crippen LogP) is 12.3. The van der Waals surface area contributed by atoms with Crippen molar-refractivity contribution >= 4 is 11.6 Å². The molecular weight excluding hydrogens is 601 g/mol. The molecule has 1 aliphatic carbocycles. The standard InChI is InChI=1S/C16H24N2.C12H18N2.C7H10N2.3C2H6.2CH4/c1-16(2,3)13-7-6-11-9-12-5-4-8-17-15(12)18-14(11)10-13;1-12(2,3)10-7-6-9-5-4-8-13-11(9)14-10;1-6(2)7-3-4-8-5-9-7;3*1-2;;/h9,13H,4-8,10H2,1-3H3,(H,17,18);6-7H,4-5,8H2,1-3H3,(H,13,14);3-6H,1-2H3;3*1-2H3;2*1H4. The van der Waals surface area contributed by atoms with Crippen molar-refractivity contribution < 1.29 is 0 Å². The quantitative estimate of drug-likeness (QED) is 0.267. The molecule has 5 heterocycles. The van der Waals surface area contributed by atoms with Crippen LogP contribution in [0.4, 0.5) is 11.6 Å². The van der Waals surface area contributed by atoms with Crippen molar-refractivity contribution in [2.45, 2.75) is 168 Å². The van der Waals surface area contributed by atoms with Crippen LogP contribution in [0.1, 0.15) is 171 Å². The molecule has 6 heteroatoms. The molecule has 1 atom stereocenters. The monoisotopic (exact) mass is 679 g/mol. The van der Waals surface area contributed by atoms with Gasteiger partial charge in [-0.25, -0.2) is 19.9 Å². The van der Waals surface area contributed by atoms with Gasteiger partial charge in [0.15, 0.2) is 0 Å². The summed E-state index contributed by atoms with van der Waals surface area (Å²) >= 11 is 0. The largest absolute Gasteiger partial charge is 0.370 e. The average molecular weight is 679 g/mol. The van der Waals surface area contributed by atoms with Crippen LogP contribution in [0.2, 0.25) is 0 Å². The minimum atomic E-state index is 0. The van der Waals surface area contributed by atoms with Crippen LogP contribution < -0.4 is 10.6 Å². The minimum absolute atomic E-state index is 0. The lowest BCUT2D eigenvalue weighted by molar-refractivity contribution is 0.214. The van der Waals surface area contributed by atoms with Crippen molar-refractivity contribution in [2.75, 3.05) is 23.7 Å². The van der Waals surface area contributed by atoms with E-state index in [0.717, 1.165) is 42.8 Å². The zero-order chi connectivity index (χ0) is 35.6. The Balaban J connectivity index is 0. The van der Waals surface area contributed by atoms with Gasteiger partial charge in [0.2, 0.25) is 0 Å². The number of anilines is 2. The van der Waals surface area contributed by atoms with E-state index in [1.807, 2.05) is 47.6 Å². The normalized spacial score (nSPS) is 15.2. The molecule has 0 saturated heterocycles. The second-order valence-corrected chi connectivity index (χ2v) is 14.2. The first-order valence-corrected chi connectivity index (χ1v) is 18.7. The number of hydrogen-bond donors (Lipinski definition) is 2. The molecular formula is C43H78N6. The van der Waals surface area contributed by atoms with Crippen molar-refractivity contribution in [3.05, 3.63) is 70.6 Å². The summed E-state index contributed by atoms with van der Waals surface area (Å²) in [6.07, 6.45) is 11.9. The van der Waals surface area contributed by atoms with Crippen molar-refractivity contribution in [3.8, 4) is 0 Å². The van der Waals surface area contributed by atoms with E-state index < -0.39 is 0 Å².